The molecule has 1 aliphatic carbocycles. The second-order valence-corrected chi connectivity index (χ2v) is 4.82. The van der Waals surface area contributed by atoms with Crippen molar-refractivity contribution in [2.24, 2.45) is 0 Å². The first-order chi connectivity index (χ1) is 8.57. The van der Waals surface area contributed by atoms with Crippen LogP contribution in [0.1, 0.15) is 26.7 Å². The van der Waals surface area contributed by atoms with Gasteiger partial charge < -0.3 is 9.47 Å². The molecule has 0 aromatic carbocycles. The van der Waals surface area contributed by atoms with Crippen molar-refractivity contribution in [2.75, 3.05) is 6.79 Å². The fourth-order valence-corrected chi connectivity index (χ4v) is 2.12. The molecule has 0 radical (unpaired) electrons. The molecule has 0 saturated carbocycles. The molecule has 0 N–H and O–H groups in total. The molecule has 0 unspecified atom stereocenters. The SMILES string of the molecule is C=CCC1=C[C@]2(CC=C(C)C)OCOC2=CC1=O. The average Bonchev–Trinajstić information content (AvgIpc) is 2.71. The van der Waals surface area contributed by atoms with Crippen LogP contribution in [0.4, 0.5) is 0 Å². The van der Waals surface area contributed by atoms with Crippen LogP contribution in [-0.2, 0) is 14.3 Å². The predicted molar refractivity (Wildman–Crippen MR) is 69.8 cm³/mol. The van der Waals surface area contributed by atoms with E-state index < -0.39 is 5.60 Å². The van der Waals surface area contributed by atoms with Crippen molar-refractivity contribution >= 4 is 5.78 Å². The summed E-state index contributed by atoms with van der Waals surface area (Å²) >= 11 is 0. The molecule has 0 aromatic heterocycles. The van der Waals surface area contributed by atoms with Gasteiger partial charge in [0.25, 0.3) is 0 Å². The average molecular weight is 246 g/mol. The molecule has 0 spiro atoms. The van der Waals surface area contributed by atoms with Gasteiger partial charge in [0, 0.05) is 18.1 Å². The van der Waals surface area contributed by atoms with Crippen LogP contribution in [0.15, 0.2) is 47.8 Å². The summed E-state index contributed by atoms with van der Waals surface area (Å²) in [6.45, 7) is 7.96. The van der Waals surface area contributed by atoms with Crippen LogP contribution in [0.25, 0.3) is 0 Å². The number of fused-ring (bicyclic) bond motifs is 1. The maximum atomic E-state index is 11.9. The van der Waals surface area contributed by atoms with E-state index in [0.717, 1.165) is 5.57 Å². The van der Waals surface area contributed by atoms with E-state index in [-0.39, 0.29) is 12.6 Å². The van der Waals surface area contributed by atoms with Gasteiger partial charge in [-0.1, -0.05) is 17.7 Å². The topological polar surface area (TPSA) is 35.5 Å². The summed E-state index contributed by atoms with van der Waals surface area (Å²) in [4.78, 5) is 11.9. The van der Waals surface area contributed by atoms with Gasteiger partial charge in [-0.15, -0.1) is 6.58 Å². The third-order valence-electron chi connectivity index (χ3n) is 3.11. The molecular formula is C15H18O3. The Labute approximate surface area is 107 Å². The van der Waals surface area contributed by atoms with Gasteiger partial charge in [-0.25, -0.2) is 0 Å². The standard InChI is InChI=1S/C15H18O3/c1-4-5-12-9-15(7-6-11(2)3)14(8-13(12)16)17-10-18-15/h4,6,8-9H,1,5,7,10H2,2-3H3/t15-/m0/s1. The molecule has 96 valence electrons. The molecule has 1 fully saturated rings. The Morgan fingerprint density at radius 1 is 1.56 bits per heavy atom. The number of hydrogen-bond acceptors (Lipinski definition) is 3. The highest BCUT2D eigenvalue weighted by atomic mass is 16.7. The quantitative estimate of drug-likeness (QED) is 0.715. The molecule has 0 aromatic rings. The minimum atomic E-state index is -0.594. The van der Waals surface area contributed by atoms with Crippen molar-refractivity contribution in [3.05, 3.63) is 47.8 Å². The van der Waals surface area contributed by atoms with E-state index in [4.69, 9.17) is 9.47 Å². The highest BCUT2D eigenvalue weighted by molar-refractivity contribution is 6.06. The molecule has 3 heteroatoms. The molecule has 2 rings (SSSR count). The lowest BCUT2D eigenvalue weighted by Crippen LogP contribution is -2.31. The van der Waals surface area contributed by atoms with Crippen LogP contribution in [0.5, 0.6) is 0 Å². The molecule has 1 heterocycles. The number of rotatable bonds is 4. The minimum Gasteiger partial charge on any atom is -0.468 e. The Kier molecular flexibility index (Phi) is 3.53. The first-order valence-corrected chi connectivity index (χ1v) is 6.06. The molecule has 3 nitrogen and oxygen atoms in total. The van der Waals surface area contributed by atoms with E-state index in [2.05, 4.69) is 12.7 Å². The van der Waals surface area contributed by atoms with Crippen molar-refractivity contribution in [3.63, 3.8) is 0 Å². The van der Waals surface area contributed by atoms with Crippen LogP contribution >= 0.6 is 0 Å². The third-order valence-corrected chi connectivity index (χ3v) is 3.11. The molecule has 0 amide bonds. The summed E-state index contributed by atoms with van der Waals surface area (Å²) in [5.74, 6) is 0.612. The van der Waals surface area contributed by atoms with Crippen LogP contribution in [-0.4, -0.2) is 18.2 Å². The normalized spacial score (nSPS) is 25.8. The van der Waals surface area contributed by atoms with E-state index in [0.29, 0.717) is 18.6 Å². The fourth-order valence-electron chi connectivity index (χ4n) is 2.12. The maximum absolute atomic E-state index is 11.9. The molecule has 1 atom stereocenters. The molecular weight excluding hydrogens is 228 g/mol. The second-order valence-electron chi connectivity index (χ2n) is 4.82. The lowest BCUT2D eigenvalue weighted by atomic mass is 9.86. The Morgan fingerprint density at radius 3 is 3.00 bits per heavy atom. The number of hydrogen-bond donors (Lipinski definition) is 0. The fraction of sp³-hybridized carbons (Fsp3) is 0.400. The molecule has 1 saturated heterocycles. The summed E-state index contributed by atoms with van der Waals surface area (Å²) in [7, 11) is 0. The van der Waals surface area contributed by atoms with Gasteiger partial charge in [0.15, 0.2) is 18.2 Å². The Balaban J connectivity index is 2.34. The monoisotopic (exact) mass is 246 g/mol. The van der Waals surface area contributed by atoms with Gasteiger partial charge in [-0.3, -0.25) is 4.79 Å². The molecule has 2 aliphatic rings. The zero-order valence-corrected chi connectivity index (χ0v) is 10.9. The smallest absolute Gasteiger partial charge is 0.190 e. The highest BCUT2D eigenvalue weighted by Gasteiger charge is 2.43. The minimum absolute atomic E-state index is 0.0109. The zero-order valence-electron chi connectivity index (χ0n) is 10.9. The van der Waals surface area contributed by atoms with Crippen molar-refractivity contribution in [2.45, 2.75) is 32.3 Å². The maximum Gasteiger partial charge on any atom is 0.190 e. The van der Waals surface area contributed by atoms with Crippen molar-refractivity contribution < 1.29 is 14.3 Å². The second kappa shape index (κ2) is 4.94. The first kappa shape index (κ1) is 12.8. The lowest BCUT2D eigenvalue weighted by molar-refractivity contribution is -0.111. The van der Waals surface area contributed by atoms with Gasteiger partial charge in [-0.2, -0.15) is 0 Å². The predicted octanol–water partition coefficient (Wildman–Crippen LogP) is 3.05. The number of carbonyl (C=O) groups is 1. The Morgan fingerprint density at radius 2 is 2.33 bits per heavy atom. The zero-order chi connectivity index (χ0) is 13.2. The van der Waals surface area contributed by atoms with Crippen LogP contribution < -0.4 is 0 Å². The summed E-state index contributed by atoms with van der Waals surface area (Å²) in [5.41, 5.74) is 1.35. The van der Waals surface area contributed by atoms with Gasteiger partial charge >= 0.3 is 0 Å². The van der Waals surface area contributed by atoms with E-state index in [1.807, 2.05) is 19.9 Å². The van der Waals surface area contributed by atoms with Crippen molar-refractivity contribution in [1.82, 2.24) is 0 Å². The highest BCUT2D eigenvalue weighted by Crippen LogP contribution is 2.39. The lowest BCUT2D eigenvalue weighted by Gasteiger charge is -2.26. The van der Waals surface area contributed by atoms with Crippen molar-refractivity contribution in [3.8, 4) is 0 Å². The van der Waals surface area contributed by atoms with Crippen LogP contribution in [0, 0.1) is 0 Å². The van der Waals surface area contributed by atoms with E-state index in [1.54, 1.807) is 12.2 Å². The molecule has 18 heavy (non-hydrogen) atoms. The molecule has 0 bridgehead atoms. The third kappa shape index (κ3) is 2.31. The van der Waals surface area contributed by atoms with Gasteiger partial charge in [-0.05, 0) is 26.3 Å². The van der Waals surface area contributed by atoms with Crippen molar-refractivity contribution in [1.29, 1.82) is 0 Å². The Hall–Kier alpha value is -1.61. The van der Waals surface area contributed by atoms with Gasteiger partial charge in [0.2, 0.25) is 0 Å². The summed E-state index contributed by atoms with van der Waals surface area (Å²) < 4.78 is 11.1. The summed E-state index contributed by atoms with van der Waals surface area (Å²) in [5, 5.41) is 0. The van der Waals surface area contributed by atoms with E-state index >= 15 is 0 Å². The largest absolute Gasteiger partial charge is 0.468 e. The van der Waals surface area contributed by atoms with Gasteiger partial charge in [0.05, 0.1) is 0 Å². The Bertz CT molecular complexity index is 464. The molecule has 1 aliphatic heterocycles. The number of ether oxygens (including phenoxy) is 2. The number of carbonyl (C=O) groups excluding carboxylic acids is 1. The van der Waals surface area contributed by atoms with E-state index in [9.17, 15) is 4.79 Å². The number of allylic oxidation sites excluding steroid dienone is 4. The summed E-state index contributed by atoms with van der Waals surface area (Å²) in [6.07, 6.45) is 8.51. The van der Waals surface area contributed by atoms with Crippen LogP contribution in [0.2, 0.25) is 0 Å². The summed E-state index contributed by atoms with van der Waals surface area (Å²) in [6, 6.07) is 0. The van der Waals surface area contributed by atoms with Gasteiger partial charge in [0.1, 0.15) is 5.76 Å². The van der Waals surface area contributed by atoms with Crippen LogP contribution in [0.3, 0.4) is 0 Å². The van der Waals surface area contributed by atoms with E-state index in [1.165, 1.54) is 5.57 Å². The first-order valence-electron chi connectivity index (χ1n) is 6.06. The number of ketones is 1.